The molecule has 310 valence electrons. The quantitative estimate of drug-likeness (QED) is 0.0387. The Morgan fingerprint density at radius 1 is 0.370 bits per heavy atom. The van der Waals surface area contributed by atoms with E-state index in [0.717, 1.165) is 109 Å². The van der Waals surface area contributed by atoms with Crippen LogP contribution in [0.1, 0.15) is 148 Å². The second-order valence-corrected chi connectivity index (χ2v) is 17.3. The van der Waals surface area contributed by atoms with Crippen molar-refractivity contribution < 1.29 is 0 Å². The molecule has 0 bridgehead atoms. The van der Waals surface area contributed by atoms with Crippen molar-refractivity contribution in [3.8, 4) is 11.1 Å². The van der Waals surface area contributed by atoms with Gasteiger partial charge in [0.1, 0.15) is 0 Å². The summed E-state index contributed by atoms with van der Waals surface area (Å²) >= 11 is 0. The highest BCUT2D eigenvalue weighted by Crippen LogP contribution is 2.25. The van der Waals surface area contributed by atoms with Gasteiger partial charge in [0.25, 0.3) is 0 Å². The topological polar surface area (TPSA) is 72.2 Å². The average molecular weight is 749 g/mol. The van der Waals surface area contributed by atoms with Gasteiger partial charge in [-0.3, -0.25) is 0 Å². The van der Waals surface area contributed by atoms with E-state index in [-0.39, 0.29) is 0 Å². The number of benzene rings is 2. The van der Waals surface area contributed by atoms with Crippen LogP contribution in [0.4, 0.5) is 0 Å². The molecule has 0 saturated carbocycles. The third kappa shape index (κ3) is 27.7. The summed E-state index contributed by atoms with van der Waals surface area (Å²) < 4.78 is 0. The fourth-order valence-electron chi connectivity index (χ4n) is 6.99. The van der Waals surface area contributed by atoms with Crippen LogP contribution >= 0.6 is 0 Å². The van der Waals surface area contributed by atoms with Crippen molar-refractivity contribution in [2.75, 3.05) is 65.4 Å². The van der Waals surface area contributed by atoms with E-state index in [9.17, 15) is 0 Å². The van der Waals surface area contributed by atoms with E-state index in [1.54, 1.807) is 0 Å². The van der Waals surface area contributed by atoms with Crippen LogP contribution < -0.4 is 31.9 Å². The SMILES string of the molecule is CC(C)CCCCCCCCCNCc1cc(CCCCCNCCCNCC(C)C)cc(-c2cccc(CNCCCNCCCNCC(C)C)c2)c1. The Balaban J connectivity index is 1.80. The van der Waals surface area contributed by atoms with Crippen LogP contribution in [0.25, 0.3) is 11.1 Å². The Bertz CT molecular complexity index is 1080. The minimum absolute atomic E-state index is 0.725. The minimum atomic E-state index is 0.725. The van der Waals surface area contributed by atoms with Gasteiger partial charge < -0.3 is 31.9 Å². The van der Waals surface area contributed by atoms with Gasteiger partial charge in [0.05, 0.1) is 0 Å². The molecule has 0 aliphatic heterocycles. The maximum atomic E-state index is 3.79. The highest BCUT2D eigenvalue weighted by molar-refractivity contribution is 5.66. The Labute approximate surface area is 335 Å². The number of aryl methyl sites for hydroxylation is 1. The van der Waals surface area contributed by atoms with Crippen molar-refractivity contribution >= 4 is 0 Å². The number of hydrogen-bond acceptors (Lipinski definition) is 6. The largest absolute Gasteiger partial charge is 0.317 e. The van der Waals surface area contributed by atoms with E-state index in [1.165, 1.54) is 111 Å². The monoisotopic (exact) mass is 749 g/mol. The summed E-state index contributed by atoms with van der Waals surface area (Å²) in [6, 6.07) is 16.6. The zero-order chi connectivity index (χ0) is 38.9. The van der Waals surface area contributed by atoms with E-state index in [0.29, 0.717) is 0 Å². The molecule has 0 unspecified atom stereocenters. The van der Waals surface area contributed by atoms with Gasteiger partial charge >= 0.3 is 0 Å². The molecule has 2 aromatic rings. The van der Waals surface area contributed by atoms with E-state index in [2.05, 4.69) is 116 Å². The number of hydrogen-bond donors (Lipinski definition) is 6. The van der Waals surface area contributed by atoms with Gasteiger partial charge in [-0.15, -0.1) is 0 Å². The van der Waals surface area contributed by atoms with E-state index >= 15 is 0 Å². The first kappa shape index (κ1) is 48.3. The molecule has 0 amide bonds. The maximum absolute atomic E-state index is 3.79. The van der Waals surface area contributed by atoms with Crippen molar-refractivity contribution in [1.29, 1.82) is 0 Å². The molecule has 0 heterocycles. The molecule has 0 aromatic heterocycles. The standard InChI is InChI=1S/C48H88N6/c1-41(2)21-13-10-8-7-9-11-15-26-53-40-46-33-44(22-14-12-16-25-49-27-18-30-51-37-42(3)4)34-48(36-46)47-24-17-23-45(35-47)39-54-32-20-29-50-28-19-31-52-38-43(5)6/h17,23-24,33-36,41-43,49-54H,7-16,18-22,25-32,37-40H2,1-6H3. The summed E-state index contributed by atoms with van der Waals surface area (Å²) in [7, 11) is 0. The minimum Gasteiger partial charge on any atom is -0.317 e. The molecule has 6 heteroatoms. The molecule has 0 saturated heterocycles. The number of unbranched alkanes of at least 4 members (excludes halogenated alkanes) is 8. The molecular formula is C48H88N6. The predicted octanol–water partition coefficient (Wildman–Crippen LogP) is 9.86. The molecule has 0 atom stereocenters. The summed E-state index contributed by atoms with van der Waals surface area (Å²) in [5.41, 5.74) is 6.98. The van der Waals surface area contributed by atoms with Gasteiger partial charge in [-0.1, -0.05) is 123 Å². The van der Waals surface area contributed by atoms with Gasteiger partial charge in [0, 0.05) is 13.1 Å². The fraction of sp³-hybridized carbons (Fsp3) is 0.750. The third-order valence-corrected chi connectivity index (χ3v) is 10.2. The lowest BCUT2D eigenvalue weighted by atomic mass is 9.96. The maximum Gasteiger partial charge on any atom is 0.0205 e. The van der Waals surface area contributed by atoms with Gasteiger partial charge in [-0.2, -0.15) is 0 Å². The molecular weight excluding hydrogens is 661 g/mol. The van der Waals surface area contributed by atoms with Crippen LogP contribution in [0, 0.1) is 17.8 Å². The second-order valence-electron chi connectivity index (χ2n) is 17.3. The fourth-order valence-corrected chi connectivity index (χ4v) is 6.99. The van der Waals surface area contributed by atoms with Crippen molar-refractivity contribution in [3.05, 3.63) is 59.2 Å². The van der Waals surface area contributed by atoms with Crippen LogP contribution in [0.2, 0.25) is 0 Å². The zero-order valence-electron chi connectivity index (χ0n) is 36.4. The Morgan fingerprint density at radius 3 is 1.44 bits per heavy atom. The van der Waals surface area contributed by atoms with Gasteiger partial charge in [-0.25, -0.2) is 0 Å². The average Bonchev–Trinajstić information content (AvgIpc) is 3.14. The van der Waals surface area contributed by atoms with Crippen molar-refractivity contribution in [2.45, 2.75) is 151 Å². The van der Waals surface area contributed by atoms with Gasteiger partial charge in [0.15, 0.2) is 0 Å². The molecule has 54 heavy (non-hydrogen) atoms. The van der Waals surface area contributed by atoms with Crippen LogP contribution in [0.3, 0.4) is 0 Å². The molecule has 0 spiro atoms. The van der Waals surface area contributed by atoms with Crippen LogP contribution in [-0.4, -0.2) is 65.4 Å². The summed E-state index contributed by atoms with van der Waals surface area (Å²) in [6.45, 7) is 26.6. The first-order valence-electron chi connectivity index (χ1n) is 22.8. The van der Waals surface area contributed by atoms with E-state index < -0.39 is 0 Å². The van der Waals surface area contributed by atoms with Crippen molar-refractivity contribution in [1.82, 2.24) is 31.9 Å². The Kier molecular flexibility index (Phi) is 29.9. The normalized spacial score (nSPS) is 11.9. The van der Waals surface area contributed by atoms with Gasteiger partial charge in [0.2, 0.25) is 0 Å². The van der Waals surface area contributed by atoms with Gasteiger partial charge in [-0.05, 0) is 168 Å². The Morgan fingerprint density at radius 2 is 0.833 bits per heavy atom. The molecule has 6 nitrogen and oxygen atoms in total. The van der Waals surface area contributed by atoms with Crippen LogP contribution in [0.15, 0.2) is 42.5 Å². The lowest BCUT2D eigenvalue weighted by Crippen LogP contribution is -2.26. The summed E-state index contributed by atoms with van der Waals surface area (Å²) in [6.07, 6.45) is 19.5. The van der Waals surface area contributed by atoms with Crippen LogP contribution in [-0.2, 0) is 19.5 Å². The van der Waals surface area contributed by atoms with Crippen molar-refractivity contribution in [3.63, 3.8) is 0 Å². The smallest absolute Gasteiger partial charge is 0.0205 e. The molecule has 2 rings (SSSR count). The molecule has 2 aromatic carbocycles. The predicted molar refractivity (Wildman–Crippen MR) is 240 cm³/mol. The van der Waals surface area contributed by atoms with Crippen LogP contribution in [0.5, 0.6) is 0 Å². The Hall–Kier alpha value is -1.80. The first-order chi connectivity index (χ1) is 26.3. The summed E-state index contributed by atoms with van der Waals surface area (Å²) in [4.78, 5) is 0. The molecule has 6 N–H and O–H groups in total. The van der Waals surface area contributed by atoms with E-state index in [1.807, 2.05) is 0 Å². The van der Waals surface area contributed by atoms with Crippen molar-refractivity contribution in [2.24, 2.45) is 17.8 Å². The lowest BCUT2D eigenvalue weighted by molar-refractivity contribution is 0.506. The molecule has 0 fully saturated rings. The second kappa shape index (κ2) is 33.4. The highest BCUT2D eigenvalue weighted by Gasteiger charge is 2.07. The summed E-state index contributed by atoms with van der Waals surface area (Å²) in [5.74, 6) is 2.31. The molecule has 0 aliphatic rings. The molecule has 0 aliphatic carbocycles. The third-order valence-electron chi connectivity index (χ3n) is 10.2. The zero-order valence-corrected chi connectivity index (χ0v) is 36.4. The lowest BCUT2D eigenvalue weighted by Gasteiger charge is -2.13. The van der Waals surface area contributed by atoms with E-state index in [4.69, 9.17) is 0 Å². The number of rotatable bonds is 37. The summed E-state index contributed by atoms with van der Waals surface area (Å²) in [5, 5.41) is 21.8. The highest BCUT2D eigenvalue weighted by atomic mass is 14.9. The molecule has 0 radical (unpaired) electrons. The number of nitrogens with one attached hydrogen (secondary N) is 6. The first-order valence-corrected chi connectivity index (χ1v) is 22.8.